The molecule has 107 valence electrons. The minimum Gasteiger partial charge on any atom is -0.506 e. The quantitative estimate of drug-likeness (QED) is 0.194. The number of carbonyl (C=O) groups is 2. The first-order valence-corrected chi connectivity index (χ1v) is 9.56. The smallest absolute Gasteiger partial charge is 0.495 e. The number of hydrogen-bond donors (Lipinski definition) is 1. The summed E-state index contributed by atoms with van der Waals surface area (Å²) in [7, 11) is 9.69. The van der Waals surface area contributed by atoms with E-state index in [0.29, 0.717) is 0 Å². The zero-order valence-electron chi connectivity index (χ0n) is 9.34. The SMILES string of the molecule is O=C(Cl)C(C(=O)Cl)=C(O)c1cc(Cl)cc(Cl)c1.[Cl][Al][Cl]. The molecule has 0 amide bonds. The average Bonchev–Trinajstić information content (AvgIpc) is 2.27. The highest BCUT2D eigenvalue weighted by Gasteiger charge is 2.21. The van der Waals surface area contributed by atoms with Crippen LogP contribution in [0.3, 0.4) is 0 Å². The van der Waals surface area contributed by atoms with Crippen molar-refractivity contribution >= 4 is 96.1 Å². The van der Waals surface area contributed by atoms with Crippen molar-refractivity contribution in [1.82, 2.24) is 0 Å². The number of aliphatic hydroxyl groups is 1. The molecule has 1 aromatic rings. The Labute approximate surface area is 149 Å². The van der Waals surface area contributed by atoms with E-state index in [4.69, 9.17) is 66.5 Å². The van der Waals surface area contributed by atoms with Crippen molar-refractivity contribution in [1.29, 1.82) is 0 Å². The molecule has 0 saturated heterocycles. The molecule has 10 heteroatoms. The standard InChI is InChI=1S/C10H4Cl4O3.Al.2ClH/c11-5-1-4(2-6(12)3-5)8(15)7(9(13)16)10(14)17;;;/h1-3,15H;;2*1H/q;+2;;/p-2. The second kappa shape index (κ2) is 10.2. The highest BCUT2D eigenvalue weighted by atomic mass is 35.7. The van der Waals surface area contributed by atoms with Gasteiger partial charge in [-0.25, -0.2) is 20.1 Å². The Bertz CT molecular complexity index is 510. The molecule has 0 atom stereocenters. The van der Waals surface area contributed by atoms with Gasteiger partial charge in [-0.1, -0.05) is 23.2 Å². The van der Waals surface area contributed by atoms with Crippen LogP contribution in [0.5, 0.6) is 0 Å². The summed E-state index contributed by atoms with van der Waals surface area (Å²) in [5.74, 6) is -0.672. The van der Waals surface area contributed by atoms with Crippen LogP contribution in [0.2, 0.25) is 10.0 Å². The van der Waals surface area contributed by atoms with E-state index >= 15 is 0 Å². The molecule has 0 aliphatic carbocycles. The van der Waals surface area contributed by atoms with Crippen molar-refractivity contribution in [3.05, 3.63) is 39.4 Å². The van der Waals surface area contributed by atoms with Gasteiger partial charge in [0.05, 0.1) is 0 Å². The van der Waals surface area contributed by atoms with Gasteiger partial charge in [-0.15, -0.1) is 0 Å². The number of allylic oxidation sites excluding steroid dienone is 1. The monoisotopic (exact) mass is 409 g/mol. The number of hydrogen-bond acceptors (Lipinski definition) is 3. The maximum atomic E-state index is 10.9. The van der Waals surface area contributed by atoms with Crippen molar-refractivity contribution in [2.45, 2.75) is 0 Å². The van der Waals surface area contributed by atoms with Crippen molar-refractivity contribution in [2.75, 3.05) is 0 Å². The molecule has 1 rings (SSSR count). The fourth-order valence-corrected chi connectivity index (χ4v) is 2.02. The second-order valence-corrected chi connectivity index (χ2v) is 6.72. The van der Waals surface area contributed by atoms with Gasteiger partial charge in [0, 0.05) is 15.6 Å². The van der Waals surface area contributed by atoms with Crippen molar-refractivity contribution in [3.63, 3.8) is 0 Å². The molecule has 0 spiro atoms. The molecular formula is C10H4AlCl6O3. The van der Waals surface area contributed by atoms with Gasteiger partial charge < -0.3 is 5.11 Å². The number of rotatable bonds is 3. The van der Waals surface area contributed by atoms with Gasteiger partial charge in [0.1, 0.15) is 11.3 Å². The minimum atomic E-state index is -1.17. The van der Waals surface area contributed by atoms with Crippen LogP contribution in [0.1, 0.15) is 5.56 Å². The lowest BCUT2D eigenvalue weighted by molar-refractivity contribution is -0.113. The van der Waals surface area contributed by atoms with Crippen LogP contribution < -0.4 is 0 Å². The molecule has 0 aromatic heterocycles. The Morgan fingerprint density at radius 2 is 1.30 bits per heavy atom. The largest absolute Gasteiger partial charge is 0.506 e. The lowest BCUT2D eigenvalue weighted by Gasteiger charge is -2.05. The number of aliphatic hydroxyl groups excluding tert-OH is 1. The lowest BCUT2D eigenvalue weighted by Crippen LogP contribution is -2.06. The van der Waals surface area contributed by atoms with Crippen LogP contribution in [0.15, 0.2) is 23.8 Å². The highest BCUT2D eigenvalue weighted by molar-refractivity contribution is 7.22. The van der Waals surface area contributed by atoms with Gasteiger partial charge in [0.2, 0.25) is 0 Å². The van der Waals surface area contributed by atoms with Gasteiger partial charge in [0.15, 0.2) is 0 Å². The molecular weight excluding hydrogens is 408 g/mol. The summed E-state index contributed by atoms with van der Waals surface area (Å²) in [6.07, 6.45) is 0. The maximum absolute atomic E-state index is 10.9. The van der Waals surface area contributed by atoms with Crippen LogP contribution >= 0.6 is 66.5 Å². The number of halogens is 6. The second-order valence-electron chi connectivity index (χ2n) is 3.01. The molecule has 1 N–H and O–H groups in total. The Balaban J connectivity index is 0.00000110. The molecule has 20 heavy (non-hydrogen) atoms. The molecule has 1 radical (unpaired) electrons. The van der Waals surface area contributed by atoms with E-state index in [-0.39, 0.29) is 29.0 Å². The van der Waals surface area contributed by atoms with E-state index in [9.17, 15) is 14.7 Å². The van der Waals surface area contributed by atoms with Crippen LogP contribution in [-0.4, -0.2) is 29.0 Å². The normalized spacial score (nSPS) is 9.10. The summed E-state index contributed by atoms with van der Waals surface area (Å²) in [6.45, 7) is 0. The molecule has 0 aliphatic rings. The zero-order valence-corrected chi connectivity index (χ0v) is 15.0. The van der Waals surface area contributed by atoms with Crippen molar-refractivity contribution < 1.29 is 14.7 Å². The summed E-state index contributed by atoms with van der Waals surface area (Å²) >= 11 is 21.4. The Morgan fingerprint density at radius 3 is 1.60 bits per heavy atom. The van der Waals surface area contributed by atoms with Gasteiger partial charge >= 0.3 is 13.4 Å². The van der Waals surface area contributed by atoms with Crippen molar-refractivity contribution in [3.8, 4) is 0 Å². The fraction of sp³-hybridized carbons (Fsp3) is 0. The van der Waals surface area contributed by atoms with E-state index in [1.165, 1.54) is 18.2 Å². The molecule has 0 unspecified atom stereocenters. The average molecular weight is 412 g/mol. The lowest BCUT2D eigenvalue weighted by atomic mass is 10.1. The molecule has 0 bridgehead atoms. The molecule has 0 heterocycles. The summed E-state index contributed by atoms with van der Waals surface area (Å²) in [5.41, 5.74) is -0.660. The van der Waals surface area contributed by atoms with E-state index in [1.807, 2.05) is 0 Å². The highest BCUT2D eigenvalue weighted by Crippen LogP contribution is 2.26. The van der Waals surface area contributed by atoms with E-state index in [1.54, 1.807) is 0 Å². The first-order chi connectivity index (χ1) is 9.24. The molecule has 0 aliphatic heterocycles. The first kappa shape index (κ1) is 20.4. The van der Waals surface area contributed by atoms with E-state index < -0.39 is 21.8 Å². The van der Waals surface area contributed by atoms with Gasteiger partial charge in [0.25, 0.3) is 10.5 Å². The van der Waals surface area contributed by atoms with Gasteiger partial charge in [-0.3, -0.25) is 9.59 Å². The Kier molecular flexibility index (Phi) is 10.3. The summed E-state index contributed by atoms with van der Waals surface area (Å²) < 4.78 is 0. The third-order valence-corrected chi connectivity index (χ3v) is 2.58. The third-order valence-electron chi connectivity index (χ3n) is 1.77. The first-order valence-electron chi connectivity index (χ1n) is 4.56. The topological polar surface area (TPSA) is 54.4 Å². The predicted molar refractivity (Wildman–Crippen MR) is 85.2 cm³/mol. The third kappa shape index (κ3) is 6.89. The van der Waals surface area contributed by atoms with Crippen LogP contribution in [-0.2, 0) is 9.59 Å². The van der Waals surface area contributed by atoms with Crippen LogP contribution in [0.25, 0.3) is 5.76 Å². The number of carbonyl (C=O) groups excluding carboxylic acids is 2. The molecule has 0 saturated carbocycles. The van der Waals surface area contributed by atoms with Crippen LogP contribution in [0, 0.1) is 0 Å². The summed E-state index contributed by atoms with van der Waals surface area (Å²) in [4.78, 5) is 21.9. The van der Waals surface area contributed by atoms with Crippen LogP contribution in [0.4, 0.5) is 0 Å². The Morgan fingerprint density at radius 1 is 0.950 bits per heavy atom. The summed E-state index contributed by atoms with van der Waals surface area (Å²) in [5, 5.41) is 7.83. The van der Waals surface area contributed by atoms with E-state index in [2.05, 4.69) is 0 Å². The molecule has 1 aromatic carbocycles. The van der Waals surface area contributed by atoms with Gasteiger partial charge in [-0.05, 0) is 41.4 Å². The molecule has 0 fully saturated rings. The van der Waals surface area contributed by atoms with Gasteiger partial charge in [-0.2, -0.15) is 0 Å². The molecule has 3 nitrogen and oxygen atoms in total. The minimum absolute atomic E-state index is 0.0699. The summed E-state index contributed by atoms with van der Waals surface area (Å²) in [6, 6.07) is 4.04. The fourth-order valence-electron chi connectivity index (χ4n) is 1.10. The maximum Gasteiger partial charge on any atom is 0.495 e. The Hall–Kier alpha value is 0.372. The zero-order chi connectivity index (χ0) is 15.9. The number of benzene rings is 1. The predicted octanol–water partition coefficient (Wildman–Crippen LogP) is 4.79. The van der Waals surface area contributed by atoms with E-state index in [0.717, 1.165) is 0 Å². The van der Waals surface area contributed by atoms with Crippen molar-refractivity contribution in [2.24, 2.45) is 0 Å².